The Hall–Kier alpha value is -1.85. The first kappa shape index (κ1) is 9.38. The van der Waals surface area contributed by atoms with Gasteiger partial charge >= 0.3 is 0 Å². The van der Waals surface area contributed by atoms with Crippen LogP contribution in [0.3, 0.4) is 0 Å². The van der Waals surface area contributed by atoms with Crippen LogP contribution in [0.1, 0.15) is 19.3 Å². The van der Waals surface area contributed by atoms with Crippen LogP contribution in [0.15, 0.2) is 11.1 Å². The molecule has 6 heteroatoms. The second-order valence-electron chi connectivity index (χ2n) is 4.04. The van der Waals surface area contributed by atoms with E-state index in [0.29, 0.717) is 17.1 Å². The number of nitrogens with zero attached hydrogens (tertiary/aromatic N) is 3. The molecule has 1 aliphatic heterocycles. The smallest absolute Gasteiger partial charge is 0.278 e. The van der Waals surface area contributed by atoms with Crippen LogP contribution >= 0.6 is 0 Å². The van der Waals surface area contributed by atoms with Gasteiger partial charge in [-0.1, -0.05) is 0 Å². The van der Waals surface area contributed by atoms with Gasteiger partial charge in [0.2, 0.25) is 5.95 Å². The van der Waals surface area contributed by atoms with Crippen LogP contribution in [0, 0.1) is 0 Å². The summed E-state index contributed by atoms with van der Waals surface area (Å²) in [4.78, 5) is 27.8. The Morgan fingerprint density at radius 2 is 2.06 bits per heavy atom. The molecule has 3 heterocycles. The van der Waals surface area contributed by atoms with Crippen LogP contribution in [0.25, 0.3) is 11.2 Å². The number of imidazole rings is 1. The van der Waals surface area contributed by atoms with E-state index in [0.717, 1.165) is 25.9 Å². The van der Waals surface area contributed by atoms with Crippen molar-refractivity contribution in [1.29, 1.82) is 0 Å². The summed E-state index contributed by atoms with van der Waals surface area (Å²) in [5.74, 6) is 0.643. The van der Waals surface area contributed by atoms with Gasteiger partial charge in [-0.15, -0.1) is 0 Å². The lowest BCUT2D eigenvalue weighted by Crippen LogP contribution is -2.32. The lowest BCUT2D eigenvalue weighted by Gasteiger charge is -2.26. The number of H-pyrrole nitrogens is 2. The second-order valence-corrected chi connectivity index (χ2v) is 4.04. The minimum absolute atomic E-state index is 0.150. The highest BCUT2D eigenvalue weighted by molar-refractivity contribution is 5.69. The van der Waals surface area contributed by atoms with E-state index < -0.39 is 0 Å². The van der Waals surface area contributed by atoms with Crippen LogP contribution in [-0.4, -0.2) is 33.0 Å². The molecule has 0 aromatic carbocycles. The summed E-state index contributed by atoms with van der Waals surface area (Å²) in [6.07, 6.45) is 5.06. The number of fused-ring (bicyclic) bond motifs is 1. The standard InChI is InChI=1S/C10H13N5O/c16-9-7-8(12-6-11-7)13-10(14-9)15-4-2-1-3-5-15/h6H,1-5H2,(H2,11,12,13,14,16). The zero-order valence-electron chi connectivity index (χ0n) is 8.86. The molecule has 0 amide bonds. The first-order valence-corrected chi connectivity index (χ1v) is 5.53. The molecule has 0 radical (unpaired) electrons. The van der Waals surface area contributed by atoms with Crippen molar-refractivity contribution in [1.82, 2.24) is 19.9 Å². The molecule has 84 valence electrons. The predicted molar refractivity (Wildman–Crippen MR) is 60.6 cm³/mol. The molecule has 2 aromatic rings. The monoisotopic (exact) mass is 219 g/mol. The van der Waals surface area contributed by atoms with E-state index in [1.807, 2.05) is 0 Å². The summed E-state index contributed by atoms with van der Waals surface area (Å²) in [6, 6.07) is 0. The van der Waals surface area contributed by atoms with Crippen molar-refractivity contribution in [2.45, 2.75) is 19.3 Å². The minimum Gasteiger partial charge on any atom is -0.342 e. The lowest BCUT2D eigenvalue weighted by atomic mass is 10.1. The normalized spacial score (nSPS) is 16.9. The van der Waals surface area contributed by atoms with Crippen molar-refractivity contribution < 1.29 is 0 Å². The average molecular weight is 219 g/mol. The fraction of sp³-hybridized carbons (Fsp3) is 0.500. The van der Waals surface area contributed by atoms with Crippen molar-refractivity contribution in [2.75, 3.05) is 18.0 Å². The topological polar surface area (TPSA) is 77.7 Å². The summed E-state index contributed by atoms with van der Waals surface area (Å²) < 4.78 is 0. The summed E-state index contributed by atoms with van der Waals surface area (Å²) in [5.41, 5.74) is 0.785. The Balaban J connectivity index is 2.06. The van der Waals surface area contributed by atoms with Crippen LogP contribution in [0.2, 0.25) is 0 Å². The first-order chi connectivity index (χ1) is 7.84. The maximum absolute atomic E-state index is 11.7. The lowest BCUT2D eigenvalue weighted by molar-refractivity contribution is 0.568. The molecule has 1 saturated heterocycles. The Labute approximate surface area is 91.7 Å². The quantitative estimate of drug-likeness (QED) is 0.737. The number of aromatic amines is 2. The first-order valence-electron chi connectivity index (χ1n) is 5.53. The molecule has 0 bridgehead atoms. The maximum Gasteiger partial charge on any atom is 0.278 e. The molecule has 0 aliphatic carbocycles. The van der Waals surface area contributed by atoms with Crippen molar-refractivity contribution >= 4 is 17.1 Å². The zero-order chi connectivity index (χ0) is 11.0. The molecule has 1 aliphatic rings. The molecule has 0 saturated carbocycles. The molecule has 6 nitrogen and oxygen atoms in total. The van der Waals surface area contributed by atoms with Gasteiger partial charge in [0.1, 0.15) is 0 Å². The Bertz CT molecular complexity index is 552. The van der Waals surface area contributed by atoms with Crippen molar-refractivity contribution in [2.24, 2.45) is 0 Å². The van der Waals surface area contributed by atoms with Crippen molar-refractivity contribution in [3.8, 4) is 0 Å². The number of rotatable bonds is 1. The fourth-order valence-electron chi connectivity index (χ4n) is 2.09. The molecule has 3 rings (SSSR count). The van der Waals surface area contributed by atoms with E-state index in [-0.39, 0.29) is 5.56 Å². The molecule has 1 fully saturated rings. The van der Waals surface area contributed by atoms with Gasteiger partial charge in [-0.25, -0.2) is 4.98 Å². The van der Waals surface area contributed by atoms with E-state index >= 15 is 0 Å². The summed E-state index contributed by atoms with van der Waals surface area (Å²) >= 11 is 0. The van der Waals surface area contributed by atoms with E-state index in [2.05, 4.69) is 24.8 Å². The van der Waals surface area contributed by atoms with Crippen molar-refractivity contribution in [3.05, 3.63) is 16.7 Å². The van der Waals surface area contributed by atoms with Gasteiger partial charge < -0.3 is 9.88 Å². The highest BCUT2D eigenvalue weighted by Crippen LogP contribution is 2.15. The van der Waals surface area contributed by atoms with E-state index in [1.54, 1.807) is 0 Å². The molecule has 2 N–H and O–H groups in total. The third-order valence-corrected chi connectivity index (χ3v) is 2.94. The average Bonchev–Trinajstić information content (AvgIpc) is 2.79. The highest BCUT2D eigenvalue weighted by atomic mass is 16.1. The van der Waals surface area contributed by atoms with E-state index in [9.17, 15) is 4.79 Å². The number of nitrogens with one attached hydrogen (secondary N) is 2. The van der Waals surface area contributed by atoms with Gasteiger partial charge in [0, 0.05) is 13.1 Å². The summed E-state index contributed by atoms with van der Waals surface area (Å²) in [5, 5.41) is 0. The number of aromatic nitrogens is 4. The zero-order valence-corrected chi connectivity index (χ0v) is 8.86. The van der Waals surface area contributed by atoms with Gasteiger partial charge in [-0.3, -0.25) is 9.78 Å². The molecular formula is C10H13N5O. The van der Waals surface area contributed by atoms with Gasteiger partial charge in [-0.05, 0) is 19.3 Å². The number of piperidine rings is 1. The number of hydrogen-bond donors (Lipinski definition) is 2. The molecular weight excluding hydrogens is 206 g/mol. The minimum atomic E-state index is -0.150. The van der Waals surface area contributed by atoms with E-state index in [4.69, 9.17) is 0 Å². The highest BCUT2D eigenvalue weighted by Gasteiger charge is 2.14. The Kier molecular flexibility index (Phi) is 2.12. The van der Waals surface area contributed by atoms with Gasteiger partial charge in [0.25, 0.3) is 5.56 Å². The summed E-state index contributed by atoms with van der Waals surface area (Å²) in [7, 11) is 0. The SMILES string of the molecule is O=c1[nH]c(N2CCCCC2)nc2nc[nH]c12. The van der Waals surface area contributed by atoms with Gasteiger partial charge in [0.15, 0.2) is 11.2 Å². The molecule has 0 unspecified atom stereocenters. The fourth-order valence-corrected chi connectivity index (χ4v) is 2.09. The number of anilines is 1. The van der Waals surface area contributed by atoms with Crippen LogP contribution in [-0.2, 0) is 0 Å². The van der Waals surface area contributed by atoms with Crippen LogP contribution < -0.4 is 10.5 Å². The third-order valence-electron chi connectivity index (χ3n) is 2.94. The molecule has 2 aromatic heterocycles. The maximum atomic E-state index is 11.7. The predicted octanol–water partition coefficient (Wildman–Crippen LogP) is 0.636. The van der Waals surface area contributed by atoms with Crippen LogP contribution in [0.4, 0.5) is 5.95 Å². The largest absolute Gasteiger partial charge is 0.342 e. The van der Waals surface area contributed by atoms with Crippen molar-refractivity contribution in [3.63, 3.8) is 0 Å². The summed E-state index contributed by atoms with van der Waals surface area (Å²) in [6.45, 7) is 1.91. The number of hydrogen-bond acceptors (Lipinski definition) is 4. The third kappa shape index (κ3) is 1.46. The van der Waals surface area contributed by atoms with Crippen LogP contribution in [0.5, 0.6) is 0 Å². The second kappa shape index (κ2) is 3.62. The van der Waals surface area contributed by atoms with Gasteiger partial charge in [-0.2, -0.15) is 4.98 Å². The Morgan fingerprint density at radius 1 is 1.25 bits per heavy atom. The Morgan fingerprint density at radius 3 is 2.88 bits per heavy atom. The molecule has 0 atom stereocenters. The molecule has 0 spiro atoms. The van der Waals surface area contributed by atoms with E-state index in [1.165, 1.54) is 12.7 Å². The molecule has 16 heavy (non-hydrogen) atoms. The van der Waals surface area contributed by atoms with Gasteiger partial charge in [0.05, 0.1) is 6.33 Å².